The number of aryl methyl sites for hydroxylation is 4. The molecule has 176 valence electrons. The number of carbonyl (C=O) groups is 1. The summed E-state index contributed by atoms with van der Waals surface area (Å²) in [5.74, 6) is -0.365. The number of nitro groups is 1. The lowest BCUT2D eigenvalue weighted by molar-refractivity contribution is -0.384. The SMILES string of the molecule is Cc1cc(NC(=O)CN2CCN(S(=O)(=O)c3ccc4c(c3)CCC4)CC2)c([N+](=O)[O-])cc1C. The van der Waals surface area contributed by atoms with Crippen LogP contribution in [0.4, 0.5) is 11.4 Å². The van der Waals surface area contributed by atoms with Gasteiger partial charge in [0, 0.05) is 32.2 Å². The van der Waals surface area contributed by atoms with Gasteiger partial charge in [-0.15, -0.1) is 0 Å². The second-order valence-electron chi connectivity index (χ2n) is 8.72. The zero-order valence-corrected chi connectivity index (χ0v) is 19.7. The van der Waals surface area contributed by atoms with Crippen LogP contribution in [0.1, 0.15) is 28.7 Å². The number of carbonyl (C=O) groups excluding carboxylic acids is 1. The fourth-order valence-electron chi connectivity index (χ4n) is 4.43. The van der Waals surface area contributed by atoms with Crippen molar-refractivity contribution in [1.82, 2.24) is 9.21 Å². The fourth-order valence-corrected chi connectivity index (χ4v) is 5.90. The van der Waals surface area contributed by atoms with Crippen molar-refractivity contribution in [3.63, 3.8) is 0 Å². The molecule has 0 bridgehead atoms. The Morgan fingerprint density at radius 1 is 1.03 bits per heavy atom. The summed E-state index contributed by atoms with van der Waals surface area (Å²) in [6, 6.07) is 8.46. The standard InChI is InChI=1S/C23H28N4O5S/c1-16-12-21(22(27(29)30)13-17(16)2)24-23(28)15-25-8-10-26(11-9-25)33(31,32)20-7-6-18-4-3-5-19(18)14-20/h6-7,12-14H,3-5,8-11,15H2,1-2H3,(H,24,28). The summed E-state index contributed by atoms with van der Waals surface area (Å²) < 4.78 is 27.6. The summed E-state index contributed by atoms with van der Waals surface area (Å²) in [6.07, 6.45) is 2.98. The Bertz CT molecular complexity index is 1200. The molecule has 2 aromatic carbocycles. The number of rotatable bonds is 6. The normalized spacial score (nSPS) is 17.0. The van der Waals surface area contributed by atoms with E-state index in [9.17, 15) is 23.3 Å². The van der Waals surface area contributed by atoms with E-state index in [-0.39, 0.29) is 36.9 Å². The van der Waals surface area contributed by atoms with E-state index in [4.69, 9.17) is 0 Å². The van der Waals surface area contributed by atoms with Crippen molar-refractivity contribution in [3.05, 3.63) is 62.7 Å². The van der Waals surface area contributed by atoms with E-state index in [1.54, 1.807) is 25.1 Å². The quantitative estimate of drug-likeness (QED) is 0.511. The van der Waals surface area contributed by atoms with Gasteiger partial charge in [0.15, 0.2) is 0 Å². The molecule has 1 amide bonds. The molecular weight excluding hydrogens is 444 g/mol. The summed E-state index contributed by atoms with van der Waals surface area (Å²) in [5, 5.41) is 14.0. The molecule has 1 N–H and O–H groups in total. The second-order valence-corrected chi connectivity index (χ2v) is 10.7. The highest BCUT2D eigenvalue weighted by atomic mass is 32.2. The molecule has 0 spiro atoms. The van der Waals surface area contributed by atoms with Crippen molar-refractivity contribution in [1.29, 1.82) is 0 Å². The Kier molecular flexibility index (Phi) is 6.51. The predicted octanol–water partition coefficient (Wildman–Crippen LogP) is 2.65. The van der Waals surface area contributed by atoms with Crippen LogP contribution in [0.3, 0.4) is 0 Å². The number of nitro benzene ring substituents is 1. The summed E-state index contributed by atoms with van der Waals surface area (Å²) >= 11 is 0. The third-order valence-corrected chi connectivity index (χ3v) is 8.38. The van der Waals surface area contributed by atoms with Crippen LogP contribution in [0.25, 0.3) is 0 Å². The van der Waals surface area contributed by atoms with Crippen molar-refractivity contribution in [2.75, 3.05) is 38.0 Å². The first-order valence-electron chi connectivity index (χ1n) is 11.0. The molecule has 1 heterocycles. The minimum Gasteiger partial charge on any atom is -0.319 e. The van der Waals surface area contributed by atoms with E-state index >= 15 is 0 Å². The van der Waals surface area contributed by atoms with Gasteiger partial charge in [0.25, 0.3) is 5.69 Å². The first-order chi connectivity index (χ1) is 15.6. The van der Waals surface area contributed by atoms with E-state index in [1.807, 2.05) is 17.9 Å². The highest BCUT2D eigenvalue weighted by molar-refractivity contribution is 7.89. The van der Waals surface area contributed by atoms with Crippen LogP contribution in [-0.2, 0) is 27.7 Å². The molecule has 33 heavy (non-hydrogen) atoms. The minimum absolute atomic E-state index is 0.0385. The van der Waals surface area contributed by atoms with Crippen molar-refractivity contribution in [3.8, 4) is 0 Å². The number of sulfonamides is 1. The molecule has 4 rings (SSSR count). The lowest BCUT2D eigenvalue weighted by atomic mass is 10.1. The number of nitrogens with zero attached hydrogens (tertiary/aromatic N) is 3. The molecule has 0 atom stereocenters. The maximum Gasteiger partial charge on any atom is 0.293 e. The van der Waals surface area contributed by atoms with Gasteiger partial charge in [0.2, 0.25) is 15.9 Å². The monoisotopic (exact) mass is 472 g/mol. The Morgan fingerprint density at radius 2 is 1.70 bits per heavy atom. The topological polar surface area (TPSA) is 113 Å². The largest absolute Gasteiger partial charge is 0.319 e. The van der Waals surface area contributed by atoms with Crippen LogP contribution in [-0.4, -0.2) is 61.2 Å². The summed E-state index contributed by atoms with van der Waals surface area (Å²) in [4.78, 5) is 25.6. The number of benzene rings is 2. The average Bonchev–Trinajstić information content (AvgIpc) is 3.24. The number of hydrogen-bond donors (Lipinski definition) is 1. The molecule has 0 unspecified atom stereocenters. The van der Waals surface area contributed by atoms with Crippen molar-refractivity contribution in [2.24, 2.45) is 0 Å². The van der Waals surface area contributed by atoms with Crippen LogP contribution in [0.2, 0.25) is 0 Å². The summed E-state index contributed by atoms with van der Waals surface area (Å²) in [5.41, 5.74) is 4.00. The van der Waals surface area contributed by atoms with Gasteiger partial charge < -0.3 is 5.32 Å². The summed E-state index contributed by atoms with van der Waals surface area (Å²) in [6.45, 7) is 5.04. The van der Waals surface area contributed by atoms with E-state index < -0.39 is 14.9 Å². The third kappa shape index (κ3) is 4.92. The van der Waals surface area contributed by atoms with E-state index in [0.717, 1.165) is 36.0 Å². The third-order valence-electron chi connectivity index (χ3n) is 6.49. The van der Waals surface area contributed by atoms with Crippen molar-refractivity contribution >= 4 is 27.3 Å². The van der Waals surface area contributed by atoms with Crippen LogP contribution in [0.15, 0.2) is 35.2 Å². The van der Waals surface area contributed by atoms with Crippen LogP contribution < -0.4 is 5.32 Å². The Balaban J connectivity index is 1.36. The molecular formula is C23H28N4O5S. The van der Waals surface area contributed by atoms with E-state index in [1.165, 1.54) is 15.9 Å². The molecule has 0 saturated carbocycles. The molecule has 1 saturated heterocycles. The second kappa shape index (κ2) is 9.20. The summed E-state index contributed by atoms with van der Waals surface area (Å²) in [7, 11) is -3.58. The zero-order valence-electron chi connectivity index (χ0n) is 18.8. The van der Waals surface area contributed by atoms with Gasteiger partial charge >= 0.3 is 0 Å². The lowest BCUT2D eigenvalue weighted by Gasteiger charge is -2.33. The van der Waals surface area contributed by atoms with Crippen molar-refractivity contribution in [2.45, 2.75) is 38.0 Å². The first-order valence-corrected chi connectivity index (χ1v) is 12.5. The number of piperazine rings is 1. The smallest absolute Gasteiger partial charge is 0.293 e. The molecule has 10 heteroatoms. The van der Waals surface area contributed by atoms with Crippen LogP contribution >= 0.6 is 0 Å². The Morgan fingerprint density at radius 3 is 2.39 bits per heavy atom. The van der Waals surface area contributed by atoms with Gasteiger partial charge in [-0.05, 0) is 73.6 Å². The first kappa shape index (κ1) is 23.3. The van der Waals surface area contributed by atoms with Gasteiger partial charge in [0.05, 0.1) is 16.4 Å². The zero-order chi connectivity index (χ0) is 23.8. The average molecular weight is 473 g/mol. The van der Waals surface area contributed by atoms with Gasteiger partial charge in [-0.3, -0.25) is 19.8 Å². The van der Waals surface area contributed by atoms with Gasteiger partial charge in [0.1, 0.15) is 5.69 Å². The van der Waals surface area contributed by atoms with Crippen LogP contribution in [0, 0.1) is 24.0 Å². The van der Waals surface area contributed by atoms with Gasteiger partial charge in [-0.25, -0.2) is 8.42 Å². The molecule has 2 aliphatic rings. The molecule has 2 aromatic rings. The molecule has 1 aliphatic carbocycles. The fraction of sp³-hybridized carbons (Fsp3) is 0.435. The number of amides is 1. The maximum absolute atomic E-state index is 13.1. The molecule has 9 nitrogen and oxygen atoms in total. The Labute approximate surface area is 193 Å². The number of anilines is 1. The Hall–Kier alpha value is -2.82. The van der Waals surface area contributed by atoms with Gasteiger partial charge in [-0.1, -0.05) is 6.07 Å². The highest BCUT2D eigenvalue weighted by Crippen LogP contribution is 2.28. The van der Waals surface area contributed by atoms with E-state index in [0.29, 0.717) is 18.0 Å². The van der Waals surface area contributed by atoms with Crippen LogP contribution in [0.5, 0.6) is 0 Å². The maximum atomic E-state index is 13.1. The molecule has 1 fully saturated rings. The van der Waals surface area contributed by atoms with E-state index in [2.05, 4.69) is 5.32 Å². The number of fused-ring (bicyclic) bond motifs is 1. The predicted molar refractivity (Wildman–Crippen MR) is 125 cm³/mol. The molecule has 0 aromatic heterocycles. The highest BCUT2D eigenvalue weighted by Gasteiger charge is 2.30. The minimum atomic E-state index is -3.58. The number of hydrogen-bond acceptors (Lipinski definition) is 6. The molecule has 1 aliphatic heterocycles. The van der Waals surface area contributed by atoms with Gasteiger partial charge in [-0.2, -0.15) is 4.31 Å². The molecule has 0 radical (unpaired) electrons. The lowest BCUT2D eigenvalue weighted by Crippen LogP contribution is -2.50. The van der Waals surface area contributed by atoms with Crippen molar-refractivity contribution < 1.29 is 18.1 Å². The number of nitrogens with one attached hydrogen (secondary N) is 1.